The van der Waals surface area contributed by atoms with Crippen LogP contribution in [0.25, 0.3) is 0 Å². The Labute approximate surface area is 124 Å². The highest BCUT2D eigenvalue weighted by Crippen LogP contribution is 2.36. The van der Waals surface area contributed by atoms with E-state index < -0.39 is 11.8 Å². The van der Waals surface area contributed by atoms with Crippen LogP contribution >= 0.6 is 11.3 Å². The summed E-state index contributed by atoms with van der Waals surface area (Å²) in [4.78, 5) is 42.0. The molecule has 0 radical (unpaired) electrons. The Balaban J connectivity index is 2.24. The van der Waals surface area contributed by atoms with Crippen molar-refractivity contribution >= 4 is 28.9 Å². The molecule has 1 aliphatic rings. The summed E-state index contributed by atoms with van der Waals surface area (Å²) in [5.74, 6) is -1.24. The van der Waals surface area contributed by atoms with Crippen LogP contribution in [0.5, 0.6) is 0 Å². The third-order valence-electron chi connectivity index (χ3n) is 3.26. The molecule has 0 aromatic carbocycles. The van der Waals surface area contributed by atoms with Crippen molar-refractivity contribution in [2.45, 2.75) is 13.8 Å². The molecular weight excluding hydrogens is 290 g/mol. The van der Waals surface area contributed by atoms with Crippen LogP contribution in [-0.2, 0) is 4.74 Å². The lowest BCUT2D eigenvalue weighted by molar-refractivity contribution is 0.0523. The maximum atomic E-state index is 12.6. The summed E-state index contributed by atoms with van der Waals surface area (Å²) in [5.41, 5.74) is 0.698. The van der Waals surface area contributed by atoms with Crippen molar-refractivity contribution in [1.29, 1.82) is 0 Å². The maximum Gasteiger partial charge on any atom is 0.340 e. The summed E-state index contributed by atoms with van der Waals surface area (Å²) >= 11 is 1.15. The van der Waals surface area contributed by atoms with Gasteiger partial charge in [0.15, 0.2) is 0 Å². The molecule has 106 valence electrons. The van der Waals surface area contributed by atoms with Crippen molar-refractivity contribution in [3.05, 3.63) is 50.5 Å². The number of fused-ring (bicyclic) bond motifs is 2. The zero-order valence-corrected chi connectivity index (χ0v) is 12.2. The lowest BCUT2D eigenvalue weighted by atomic mass is 9.90. The van der Waals surface area contributed by atoms with E-state index in [4.69, 9.17) is 4.74 Å². The number of ether oxygens (including phenoxy) is 1. The second kappa shape index (κ2) is 4.89. The number of aryl methyl sites for hydroxylation is 1. The average molecular weight is 301 g/mol. The first-order valence-electron chi connectivity index (χ1n) is 6.41. The lowest BCUT2D eigenvalue weighted by Gasteiger charge is -2.13. The van der Waals surface area contributed by atoms with Gasteiger partial charge in [0.2, 0.25) is 11.6 Å². The van der Waals surface area contributed by atoms with Crippen LogP contribution in [0.2, 0.25) is 0 Å². The molecule has 0 atom stereocenters. The zero-order valence-electron chi connectivity index (χ0n) is 11.4. The van der Waals surface area contributed by atoms with Crippen LogP contribution in [0.15, 0.2) is 18.3 Å². The van der Waals surface area contributed by atoms with Gasteiger partial charge in [-0.05, 0) is 26.0 Å². The molecule has 1 aliphatic carbocycles. The lowest BCUT2D eigenvalue weighted by Crippen LogP contribution is -2.22. The molecule has 2 aromatic rings. The summed E-state index contributed by atoms with van der Waals surface area (Å²) < 4.78 is 4.99. The smallest absolute Gasteiger partial charge is 0.340 e. The summed E-state index contributed by atoms with van der Waals surface area (Å²) in [6.45, 7) is 3.60. The number of aromatic nitrogens is 1. The first-order chi connectivity index (χ1) is 10.1. The minimum absolute atomic E-state index is 0.0957. The second-order valence-electron chi connectivity index (χ2n) is 4.52. The van der Waals surface area contributed by atoms with Crippen molar-refractivity contribution in [2.75, 3.05) is 6.61 Å². The van der Waals surface area contributed by atoms with E-state index >= 15 is 0 Å². The Bertz CT molecular complexity index is 791. The number of pyridine rings is 1. The van der Waals surface area contributed by atoms with Crippen molar-refractivity contribution in [2.24, 2.45) is 0 Å². The molecule has 0 bridgehead atoms. The average Bonchev–Trinajstić information content (AvgIpc) is 2.83. The number of carbonyl (C=O) groups is 3. The normalized spacial score (nSPS) is 12.9. The Morgan fingerprint density at radius 1 is 1.33 bits per heavy atom. The fourth-order valence-electron chi connectivity index (χ4n) is 2.38. The van der Waals surface area contributed by atoms with Crippen LogP contribution in [0, 0.1) is 6.92 Å². The molecule has 21 heavy (non-hydrogen) atoms. The van der Waals surface area contributed by atoms with Gasteiger partial charge in [-0.2, -0.15) is 0 Å². The van der Waals surface area contributed by atoms with Crippen LogP contribution in [0.4, 0.5) is 0 Å². The largest absolute Gasteiger partial charge is 0.462 e. The Morgan fingerprint density at radius 3 is 2.81 bits per heavy atom. The van der Waals surface area contributed by atoms with Crippen LogP contribution in [0.3, 0.4) is 0 Å². The van der Waals surface area contributed by atoms with Gasteiger partial charge in [-0.25, -0.2) is 4.79 Å². The third kappa shape index (κ3) is 1.91. The number of thiophene rings is 1. The quantitative estimate of drug-likeness (QED) is 0.680. The van der Waals surface area contributed by atoms with E-state index in [0.717, 1.165) is 11.3 Å². The van der Waals surface area contributed by atoms with Gasteiger partial charge in [-0.1, -0.05) is 0 Å². The van der Waals surface area contributed by atoms with Crippen molar-refractivity contribution in [3.8, 4) is 0 Å². The van der Waals surface area contributed by atoms with E-state index in [0.29, 0.717) is 9.75 Å². The summed E-state index contributed by atoms with van der Waals surface area (Å²) in [5, 5.41) is 0. The standard InChI is InChI=1S/C15H11NO4S/c1-3-20-15(19)9-7(2)21-14-10(9)13(18)11-8(12(14)17)5-4-6-16-11/h4-6H,3H2,1-2H3. The molecule has 0 saturated heterocycles. The van der Waals surface area contributed by atoms with E-state index in [9.17, 15) is 14.4 Å². The molecule has 0 spiro atoms. The van der Waals surface area contributed by atoms with E-state index in [1.54, 1.807) is 26.0 Å². The second-order valence-corrected chi connectivity index (χ2v) is 5.74. The molecule has 2 heterocycles. The highest BCUT2D eigenvalue weighted by atomic mass is 32.1. The zero-order chi connectivity index (χ0) is 15.1. The molecule has 6 heteroatoms. The van der Waals surface area contributed by atoms with Crippen LogP contribution in [-0.4, -0.2) is 29.1 Å². The van der Waals surface area contributed by atoms with Gasteiger partial charge in [-0.15, -0.1) is 11.3 Å². The fraction of sp³-hybridized carbons (Fsp3) is 0.200. The molecule has 0 saturated carbocycles. The predicted octanol–water partition coefficient (Wildman–Crippen LogP) is 2.40. The Morgan fingerprint density at radius 2 is 2.10 bits per heavy atom. The molecule has 0 amide bonds. The number of hydrogen-bond donors (Lipinski definition) is 0. The minimum Gasteiger partial charge on any atom is -0.462 e. The Hall–Kier alpha value is -2.34. The highest BCUT2D eigenvalue weighted by molar-refractivity contribution is 7.15. The van der Waals surface area contributed by atoms with Gasteiger partial charge in [0.25, 0.3) is 0 Å². The first-order valence-corrected chi connectivity index (χ1v) is 7.22. The van der Waals surface area contributed by atoms with Gasteiger partial charge in [0.1, 0.15) is 5.69 Å². The predicted molar refractivity (Wildman–Crippen MR) is 76.1 cm³/mol. The molecular formula is C15H11NO4S. The number of rotatable bonds is 2. The summed E-state index contributed by atoms with van der Waals surface area (Å²) in [6.07, 6.45) is 1.46. The minimum atomic E-state index is -0.576. The number of ketones is 2. The molecule has 0 aliphatic heterocycles. The molecule has 0 N–H and O–H groups in total. The van der Waals surface area contributed by atoms with E-state index in [1.165, 1.54) is 6.20 Å². The number of esters is 1. The number of hydrogen-bond acceptors (Lipinski definition) is 6. The molecule has 2 aromatic heterocycles. The topological polar surface area (TPSA) is 73.3 Å². The van der Waals surface area contributed by atoms with E-state index in [2.05, 4.69) is 4.98 Å². The van der Waals surface area contributed by atoms with Gasteiger partial charge < -0.3 is 4.74 Å². The van der Waals surface area contributed by atoms with Gasteiger partial charge >= 0.3 is 5.97 Å². The van der Waals surface area contributed by atoms with Gasteiger partial charge in [-0.3, -0.25) is 14.6 Å². The molecule has 0 unspecified atom stereocenters. The molecule has 5 nitrogen and oxygen atoms in total. The first kappa shape index (κ1) is 13.6. The Kier molecular flexibility index (Phi) is 3.17. The summed E-state index contributed by atoms with van der Waals surface area (Å²) in [6, 6.07) is 3.19. The van der Waals surface area contributed by atoms with Crippen molar-refractivity contribution in [1.82, 2.24) is 4.98 Å². The van der Waals surface area contributed by atoms with Crippen molar-refractivity contribution < 1.29 is 19.1 Å². The van der Waals surface area contributed by atoms with Gasteiger partial charge in [0, 0.05) is 11.1 Å². The number of nitrogens with zero attached hydrogens (tertiary/aromatic N) is 1. The number of carbonyl (C=O) groups excluding carboxylic acids is 3. The van der Waals surface area contributed by atoms with E-state index in [1.807, 2.05) is 0 Å². The van der Waals surface area contributed by atoms with Gasteiger partial charge in [0.05, 0.1) is 28.2 Å². The summed E-state index contributed by atoms with van der Waals surface area (Å²) in [7, 11) is 0. The molecule has 3 rings (SSSR count). The fourth-order valence-corrected chi connectivity index (χ4v) is 3.47. The van der Waals surface area contributed by atoms with Crippen molar-refractivity contribution in [3.63, 3.8) is 0 Å². The highest BCUT2D eigenvalue weighted by Gasteiger charge is 2.37. The third-order valence-corrected chi connectivity index (χ3v) is 4.37. The van der Waals surface area contributed by atoms with Crippen LogP contribution in [0.1, 0.15) is 53.4 Å². The maximum absolute atomic E-state index is 12.6. The van der Waals surface area contributed by atoms with Crippen LogP contribution < -0.4 is 0 Å². The monoisotopic (exact) mass is 301 g/mol. The molecule has 0 fully saturated rings. The SMILES string of the molecule is CCOC(=O)c1c(C)sc2c1C(=O)c1ncccc1C2=O. The van der Waals surface area contributed by atoms with E-state index in [-0.39, 0.29) is 34.8 Å².